The van der Waals surface area contributed by atoms with Gasteiger partial charge in [-0.25, -0.2) is 4.39 Å². The molecule has 1 aromatic heterocycles. The van der Waals surface area contributed by atoms with Gasteiger partial charge in [-0.05, 0) is 48.7 Å². The third-order valence-electron chi connectivity index (χ3n) is 3.58. The molecule has 0 atom stereocenters. The first-order chi connectivity index (χ1) is 10.3. The van der Waals surface area contributed by atoms with Gasteiger partial charge in [-0.15, -0.1) is 0 Å². The number of halogens is 1. The predicted octanol–water partition coefficient (Wildman–Crippen LogP) is 3.09. The Hall–Kier alpha value is -1.94. The maximum atomic E-state index is 13.4. The molecule has 0 amide bonds. The molecule has 0 spiro atoms. The topological polar surface area (TPSA) is 34.1 Å². The predicted molar refractivity (Wildman–Crippen MR) is 79.7 cm³/mol. The average molecular weight is 286 g/mol. The third kappa shape index (κ3) is 4.26. The van der Waals surface area contributed by atoms with E-state index >= 15 is 0 Å². The molecule has 0 bridgehead atoms. The van der Waals surface area contributed by atoms with Crippen LogP contribution in [0.25, 0.3) is 0 Å². The molecule has 21 heavy (non-hydrogen) atoms. The van der Waals surface area contributed by atoms with Crippen molar-refractivity contribution in [2.24, 2.45) is 0 Å². The molecule has 0 unspecified atom stereocenters. The fraction of sp³-hybridized carbons (Fsp3) is 0.353. The number of benzene rings is 1. The van der Waals surface area contributed by atoms with Crippen LogP contribution in [0, 0.1) is 5.82 Å². The van der Waals surface area contributed by atoms with Crippen LogP contribution in [0.4, 0.5) is 4.39 Å². The summed E-state index contributed by atoms with van der Waals surface area (Å²) in [5.74, 6) is 0.544. The van der Waals surface area contributed by atoms with Crippen LogP contribution in [-0.2, 0) is 13.0 Å². The van der Waals surface area contributed by atoms with Crippen LogP contribution in [0.2, 0.25) is 0 Å². The van der Waals surface area contributed by atoms with Gasteiger partial charge in [0.2, 0.25) is 0 Å². The van der Waals surface area contributed by atoms with Gasteiger partial charge in [0.15, 0.2) is 0 Å². The Morgan fingerprint density at radius 2 is 2.00 bits per heavy atom. The lowest BCUT2D eigenvalue weighted by Gasteiger charge is -2.12. The summed E-state index contributed by atoms with van der Waals surface area (Å²) in [4.78, 5) is 3.99. The van der Waals surface area contributed by atoms with Crippen LogP contribution >= 0.6 is 0 Å². The Bertz CT molecular complexity index is 585. The van der Waals surface area contributed by atoms with E-state index in [-0.39, 0.29) is 5.82 Å². The highest BCUT2D eigenvalue weighted by Gasteiger charge is 2.20. The van der Waals surface area contributed by atoms with E-state index in [0.29, 0.717) is 19.2 Å². The van der Waals surface area contributed by atoms with Gasteiger partial charge >= 0.3 is 0 Å². The quantitative estimate of drug-likeness (QED) is 0.849. The number of nitrogens with zero attached hydrogens (tertiary/aromatic N) is 1. The van der Waals surface area contributed by atoms with E-state index in [1.54, 1.807) is 24.5 Å². The van der Waals surface area contributed by atoms with E-state index in [1.165, 1.54) is 24.5 Å². The molecule has 1 aliphatic carbocycles. The van der Waals surface area contributed by atoms with Gasteiger partial charge in [0, 0.05) is 37.0 Å². The zero-order chi connectivity index (χ0) is 14.5. The van der Waals surface area contributed by atoms with Gasteiger partial charge in [0.1, 0.15) is 11.6 Å². The first-order valence-electron chi connectivity index (χ1n) is 7.35. The molecule has 110 valence electrons. The van der Waals surface area contributed by atoms with E-state index in [0.717, 1.165) is 17.7 Å². The molecule has 0 saturated heterocycles. The molecule has 1 aliphatic rings. The Morgan fingerprint density at radius 1 is 1.19 bits per heavy atom. The largest absolute Gasteiger partial charge is 0.493 e. The van der Waals surface area contributed by atoms with Crippen LogP contribution in [0.5, 0.6) is 5.75 Å². The molecule has 1 saturated carbocycles. The normalized spacial score (nSPS) is 14.1. The highest BCUT2D eigenvalue weighted by Crippen LogP contribution is 2.23. The number of ether oxygens (including phenoxy) is 1. The molecule has 1 N–H and O–H groups in total. The summed E-state index contributed by atoms with van der Waals surface area (Å²) in [6.07, 6.45) is 6.80. The fourth-order valence-corrected chi connectivity index (χ4v) is 2.20. The second-order valence-corrected chi connectivity index (χ2v) is 5.36. The van der Waals surface area contributed by atoms with Crippen molar-refractivity contribution in [3.8, 4) is 5.75 Å². The van der Waals surface area contributed by atoms with Crippen molar-refractivity contribution in [2.45, 2.75) is 31.8 Å². The van der Waals surface area contributed by atoms with Crippen molar-refractivity contribution < 1.29 is 9.13 Å². The minimum absolute atomic E-state index is 0.218. The summed E-state index contributed by atoms with van der Waals surface area (Å²) in [5.41, 5.74) is 2.07. The summed E-state index contributed by atoms with van der Waals surface area (Å²) in [6.45, 7) is 1.24. The Labute approximate surface area is 124 Å². The van der Waals surface area contributed by atoms with E-state index in [4.69, 9.17) is 4.74 Å². The van der Waals surface area contributed by atoms with Crippen molar-refractivity contribution >= 4 is 0 Å². The first kappa shape index (κ1) is 14.0. The number of hydrogen-bond acceptors (Lipinski definition) is 3. The summed E-state index contributed by atoms with van der Waals surface area (Å²) in [5, 5.41) is 3.39. The lowest BCUT2D eigenvalue weighted by Crippen LogP contribution is -2.16. The lowest BCUT2D eigenvalue weighted by atomic mass is 10.2. The van der Waals surface area contributed by atoms with Crippen molar-refractivity contribution in [2.75, 3.05) is 6.61 Å². The second kappa shape index (κ2) is 6.68. The summed E-state index contributed by atoms with van der Waals surface area (Å²) < 4.78 is 19.2. The van der Waals surface area contributed by atoms with Crippen LogP contribution in [0.15, 0.2) is 42.7 Å². The zero-order valence-electron chi connectivity index (χ0n) is 11.9. The molecule has 1 aromatic carbocycles. The Kier molecular flexibility index (Phi) is 4.46. The SMILES string of the molecule is Fc1ccc(OCCc2ccncc2)c(CNC2CC2)c1. The molecule has 0 aliphatic heterocycles. The van der Waals surface area contributed by atoms with E-state index in [2.05, 4.69) is 10.3 Å². The first-order valence-corrected chi connectivity index (χ1v) is 7.35. The molecule has 1 fully saturated rings. The number of hydrogen-bond donors (Lipinski definition) is 1. The molecule has 1 heterocycles. The minimum atomic E-state index is -0.218. The molecule has 3 rings (SSSR count). The van der Waals surface area contributed by atoms with Gasteiger partial charge in [-0.2, -0.15) is 0 Å². The highest BCUT2D eigenvalue weighted by molar-refractivity contribution is 5.34. The van der Waals surface area contributed by atoms with Crippen LogP contribution in [0.3, 0.4) is 0 Å². The minimum Gasteiger partial charge on any atom is -0.493 e. The molecule has 2 aromatic rings. The number of aromatic nitrogens is 1. The van der Waals surface area contributed by atoms with Crippen LogP contribution in [-0.4, -0.2) is 17.6 Å². The van der Waals surface area contributed by atoms with Crippen molar-refractivity contribution in [3.05, 3.63) is 59.7 Å². The van der Waals surface area contributed by atoms with Crippen molar-refractivity contribution in [3.63, 3.8) is 0 Å². The number of pyridine rings is 1. The standard InChI is InChI=1S/C17H19FN2O/c18-15-1-4-17(14(11-15)12-20-16-2-3-16)21-10-7-13-5-8-19-9-6-13/h1,4-6,8-9,11,16,20H,2-3,7,10,12H2. The maximum absolute atomic E-state index is 13.4. The fourth-order valence-electron chi connectivity index (χ4n) is 2.20. The average Bonchev–Trinajstić information content (AvgIpc) is 3.32. The van der Waals surface area contributed by atoms with Gasteiger partial charge in [0.25, 0.3) is 0 Å². The van der Waals surface area contributed by atoms with Crippen molar-refractivity contribution in [1.82, 2.24) is 10.3 Å². The maximum Gasteiger partial charge on any atom is 0.123 e. The third-order valence-corrected chi connectivity index (χ3v) is 3.58. The lowest BCUT2D eigenvalue weighted by molar-refractivity contribution is 0.317. The molecule has 0 radical (unpaired) electrons. The molecule has 4 heteroatoms. The molecular weight excluding hydrogens is 267 g/mol. The van der Waals surface area contributed by atoms with Gasteiger partial charge in [-0.1, -0.05) is 0 Å². The smallest absolute Gasteiger partial charge is 0.123 e. The van der Waals surface area contributed by atoms with Gasteiger partial charge < -0.3 is 10.1 Å². The van der Waals surface area contributed by atoms with Gasteiger partial charge in [0.05, 0.1) is 6.61 Å². The molecular formula is C17H19FN2O. The summed E-state index contributed by atoms with van der Waals surface area (Å²) >= 11 is 0. The second-order valence-electron chi connectivity index (χ2n) is 5.36. The summed E-state index contributed by atoms with van der Waals surface area (Å²) in [7, 11) is 0. The van der Waals surface area contributed by atoms with Crippen molar-refractivity contribution in [1.29, 1.82) is 0 Å². The van der Waals surface area contributed by atoms with E-state index in [1.807, 2.05) is 12.1 Å². The Balaban J connectivity index is 1.58. The Morgan fingerprint density at radius 3 is 2.76 bits per heavy atom. The highest BCUT2D eigenvalue weighted by atomic mass is 19.1. The van der Waals surface area contributed by atoms with E-state index in [9.17, 15) is 4.39 Å². The number of nitrogens with one attached hydrogen (secondary N) is 1. The monoisotopic (exact) mass is 286 g/mol. The number of rotatable bonds is 7. The van der Waals surface area contributed by atoms with Crippen LogP contribution in [0.1, 0.15) is 24.0 Å². The molecule has 3 nitrogen and oxygen atoms in total. The summed E-state index contributed by atoms with van der Waals surface area (Å²) in [6, 6.07) is 9.26. The van der Waals surface area contributed by atoms with Gasteiger partial charge in [-0.3, -0.25) is 4.98 Å². The van der Waals surface area contributed by atoms with E-state index < -0.39 is 0 Å². The van der Waals surface area contributed by atoms with Crippen LogP contribution < -0.4 is 10.1 Å². The zero-order valence-corrected chi connectivity index (χ0v) is 11.9.